The average molecular weight is 395 g/mol. The monoisotopic (exact) mass is 394 g/mol. The van der Waals surface area contributed by atoms with Gasteiger partial charge in [0.05, 0.1) is 0 Å². The van der Waals surface area contributed by atoms with Gasteiger partial charge in [0.2, 0.25) is 11.8 Å². The maximum atomic E-state index is 6.24. The van der Waals surface area contributed by atoms with E-state index in [2.05, 4.69) is 41.5 Å². The number of hydrogen-bond donors (Lipinski definition) is 1. The molecule has 1 aliphatic heterocycles. The maximum absolute atomic E-state index is 6.24. The smallest absolute Gasteiger partial charge is 0.241 e. The molecule has 0 amide bonds. The Labute approximate surface area is 169 Å². The Bertz CT molecular complexity index is 1010. The summed E-state index contributed by atoms with van der Waals surface area (Å²) in [7, 11) is 0. The topological polar surface area (TPSA) is 63.3 Å². The zero-order valence-corrected chi connectivity index (χ0v) is 17.0. The van der Waals surface area contributed by atoms with Crippen LogP contribution in [0.5, 0.6) is 0 Å². The molecule has 6 heteroatoms. The first kappa shape index (κ1) is 18.7. The van der Waals surface area contributed by atoms with Crippen LogP contribution in [0.4, 0.5) is 0 Å². The highest BCUT2D eigenvalue weighted by Crippen LogP contribution is 2.29. The number of nitrogens with zero attached hydrogens (tertiary/aromatic N) is 3. The number of aliphatic imine (C=N–C) groups is 1. The minimum atomic E-state index is -0.275. The van der Waals surface area contributed by atoms with Crippen LogP contribution in [0.15, 0.2) is 57.9 Å². The molecule has 1 aromatic heterocycles. The van der Waals surface area contributed by atoms with Crippen molar-refractivity contribution < 1.29 is 4.42 Å². The molecule has 1 aliphatic rings. The van der Waals surface area contributed by atoms with E-state index in [1.807, 2.05) is 36.4 Å². The van der Waals surface area contributed by atoms with Gasteiger partial charge in [0.15, 0.2) is 0 Å². The molecule has 4 rings (SSSR count). The summed E-state index contributed by atoms with van der Waals surface area (Å²) in [6.45, 7) is 6.12. The second kappa shape index (κ2) is 7.40. The molecule has 0 radical (unpaired) electrons. The van der Waals surface area contributed by atoms with E-state index in [4.69, 9.17) is 21.0 Å². The predicted molar refractivity (Wildman–Crippen MR) is 111 cm³/mol. The van der Waals surface area contributed by atoms with Crippen LogP contribution in [0.1, 0.15) is 48.4 Å². The van der Waals surface area contributed by atoms with Gasteiger partial charge in [0.1, 0.15) is 11.9 Å². The van der Waals surface area contributed by atoms with Crippen molar-refractivity contribution in [2.24, 2.45) is 4.99 Å². The first-order valence-corrected chi connectivity index (χ1v) is 9.76. The maximum Gasteiger partial charge on any atom is 0.241 e. The zero-order chi connectivity index (χ0) is 19.7. The number of nitrogens with one attached hydrogen (secondary N) is 1. The van der Waals surface area contributed by atoms with Crippen molar-refractivity contribution in [1.82, 2.24) is 15.5 Å². The van der Waals surface area contributed by atoms with Crippen molar-refractivity contribution in [3.63, 3.8) is 0 Å². The summed E-state index contributed by atoms with van der Waals surface area (Å²) >= 11 is 6.24. The third-order valence-electron chi connectivity index (χ3n) is 4.80. The van der Waals surface area contributed by atoms with Gasteiger partial charge in [0.25, 0.3) is 0 Å². The number of aromatic nitrogens is 2. The summed E-state index contributed by atoms with van der Waals surface area (Å²) in [5.74, 6) is 1.90. The van der Waals surface area contributed by atoms with Gasteiger partial charge in [0, 0.05) is 29.5 Å². The summed E-state index contributed by atoms with van der Waals surface area (Å²) in [4.78, 5) is 5.05. The quantitative estimate of drug-likeness (QED) is 0.697. The normalized spacial score (nSPS) is 17.8. The number of benzene rings is 2. The number of halogens is 1. The molecule has 144 valence electrons. The first-order chi connectivity index (χ1) is 13.4. The molecule has 2 aromatic carbocycles. The van der Waals surface area contributed by atoms with E-state index in [1.165, 1.54) is 11.1 Å². The van der Waals surface area contributed by atoms with Crippen LogP contribution in [0, 0.1) is 6.92 Å². The summed E-state index contributed by atoms with van der Waals surface area (Å²) < 4.78 is 5.74. The Morgan fingerprint density at radius 2 is 1.96 bits per heavy atom. The Balaban J connectivity index is 1.77. The third kappa shape index (κ3) is 4.09. The van der Waals surface area contributed by atoms with Gasteiger partial charge in [-0.1, -0.05) is 41.9 Å². The lowest BCUT2D eigenvalue weighted by molar-refractivity contribution is 0.421. The molecule has 1 N–H and O–H groups in total. The number of aryl methyl sites for hydroxylation is 1. The molecule has 0 spiro atoms. The van der Waals surface area contributed by atoms with Gasteiger partial charge in [-0.05, 0) is 49.6 Å². The third-order valence-corrected chi connectivity index (χ3v) is 5.03. The van der Waals surface area contributed by atoms with Crippen LogP contribution in [0.2, 0.25) is 5.02 Å². The second-order valence-corrected chi connectivity index (χ2v) is 8.27. The van der Waals surface area contributed by atoms with Gasteiger partial charge < -0.3 is 9.73 Å². The Morgan fingerprint density at radius 3 is 2.68 bits per heavy atom. The van der Waals surface area contributed by atoms with E-state index in [9.17, 15) is 0 Å². The van der Waals surface area contributed by atoms with E-state index in [0.717, 1.165) is 22.8 Å². The van der Waals surface area contributed by atoms with E-state index < -0.39 is 0 Å². The number of amidine groups is 1. The molecule has 0 fully saturated rings. The number of rotatable bonds is 4. The standard InChI is InChI=1S/C22H23ClN4O/c1-14-26-27-21(28-14)19(11-15-7-5-4-6-8-15)24-20-18-10-9-17(23)12-16(18)13-22(2,3)25-20/h4-10,12,19H,11,13H2,1-3H3,(H,24,25). The summed E-state index contributed by atoms with van der Waals surface area (Å²) in [6, 6.07) is 15.9. The summed E-state index contributed by atoms with van der Waals surface area (Å²) in [6.07, 6.45) is 1.56. The van der Waals surface area contributed by atoms with Crippen LogP contribution in [-0.2, 0) is 12.8 Å². The van der Waals surface area contributed by atoms with Crippen molar-refractivity contribution in [2.45, 2.75) is 45.2 Å². The SMILES string of the molecule is Cc1nnc(C(Cc2ccccc2)N=C2NC(C)(C)Cc3cc(Cl)ccc32)o1. The zero-order valence-electron chi connectivity index (χ0n) is 16.2. The highest BCUT2D eigenvalue weighted by Gasteiger charge is 2.30. The summed E-state index contributed by atoms with van der Waals surface area (Å²) in [5, 5.41) is 12.6. The molecule has 28 heavy (non-hydrogen) atoms. The largest absolute Gasteiger partial charge is 0.423 e. The van der Waals surface area contributed by atoms with Crippen LogP contribution in [-0.4, -0.2) is 21.6 Å². The predicted octanol–water partition coefficient (Wildman–Crippen LogP) is 4.69. The van der Waals surface area contributed by atoms with Gasteiger partial charge in [-0.2, -0.15) is 0 Å². The van der Waals surface area contributed by atoms with Gasteiger partial charge in [-0.15, -0.1) is 10.2 Å². The highest BCUT2D eigenvalue weighted by atomic mass is 35.5. The summed E-state index contributed by atoms with van der Waals surface area (Å²) in [5.41, 5.74) is 3.30. The average Bonchev–Trinajstić information content (AvgIpc) is 3.07. The Hall–Kier alpha value is -2.66. The minimum absolute atomic E-state index is 0.126. The molecule has 0 aliphatic carbocycles. The Kier molecular flexibility index (Phi) is 4.94. The highest BCUT2D eigenvalue weighted by molar-refractivity contribution is 6.30. The van der Waals surface area contributed by atoms with E-state index in [1.54, 1.807) is 6.92 Å². The molecule has 2 heterocycles. The molecular weight excluding hydrogens is 372 g/mol. The number of fused-ring (bicyclic) bond motifs is 1. The van der Waals surface area contributed by atoms with E-state index in [-0.39, 0.29) is 11.6 Å². The van der Waals surface area contributed by atoms with E-state index >= 15 is 0 Å². The van der Waals surface area contributed by atoms with Crippen LogP contribution in [0.25, 0.3) is 0 Å². The van der Waals surface area contributed by atoms with Crippen LogP contribution >= 0.6 is 11.6 Å². The molecule has 5 nitrogen and oxygen atoms in total. The van der Waals surface area contributed by atoms with Crippen LogP contribution in [0.3, 0.4) is 0 Å². The Morgan fingerprint density at radius 1 is 1.18 bits per heavy atom. The van der Waals surface area contributed by atoms with Gasteiger partial charge in [-0.25, -0.2) is 0 Å². The van der Waals surface area contributed by atoms with Crippen molar-refractivity contribution in [1.29, 1.82) is 0 Å². The van der Waals surface area contributed by atoms with Gasteiger partial charge in [-0.3, -0.25) is 4.99 Å². The second-order valence-electron chi connectivity index (χ2n) is 7.83. The fourth-order valence-electron chi connectivity index (χ4n) is 3.58. The number of hydrogen-bond acceptors (Lipinski definition) is 4. The minimum Gasteiger partial charge on any atom is -0.423 e. The lowest BCUT2D eigenvalue weighted by atomic mass is 9.87. The van der Waals surface area contributed by atoms with Crippen LogP contribution < -0.4 is 5.32 Å². The molecule has 0 bridgehead atoms. The van der Waals surface area contributed by atoms with E-state index in [0.29, 0.717) is 18.2 Å². The van der Waals surface area contributed by atoms with Crippen molar-refractivity contribution in [2.75, 3.05) is 0 Å². The van der Waals surface area contributed by atoms with Gasteiger partial charge >= 0.3 is 0 Å². The molecule has 0 saturated carbocycles. The molecule has 0 saturated heterocycles. The fourth-order valence-corrected chi connectivity index (χ4v) is 3.77. The molecular formula is C22H23ClN4O. The van der Waals surface area contributed by atoms with Crippen molar-refractivity contribution >= 4 is 17.4 Å². The lowest BCUT2D eigenvalue weighted by Crippen LogP contribution is -2.49. The fraction of sp³-hybridized carbons (Fsp3) is 0.318. The van der Waals surface area contributed by atoms with Crippen molar-refractivity contribution in [3.8, 4) is 0 Å². The molecule has 1 unspecified atom stereocenters. The first-order valence-electron chi connectivity index (χ1n) is 9.38. The molecule has 3 aromatic rings. The lowest BCUT2D eigenvalue weighted by Gasteiger charge is -2.35. The molecule has 1 atom stereocenters. The van der Waals surface area contributed by atoms with Crippen molar-refractivity contribution in [3.05, 3.63) is 82.0 Å².